The highest BCUT2D eigenvalue weighted by Gasteiger charge is 2.31. The topological polar surface area (TPSA) is 53.4 Å². The van der Waals surface area contributed by atoms with Gasteiger partial charge in [-0.1, -0.05) is 11.6 Å². The Kier molecular flexibility index (Phi) is 4.31. The first-order valence-electron chi connectivity index (χ1n) is 6.75. The first-order chi connectivity index (χ1) is 10.1. The molecule has 1 N–H and O–H groups in total. The number of hydrogen-bond acceptors (Lipinski definition) is 5. The summed E-state index contributed by atoms with van der Waals surface area (Å²) in [6.07, 6.45) is 1.82. The third-order valence-electron chi connectivity index (χ3n) is 3.62. The van der Waals surface area contributed by atoms with Gasteiger partial charge < -0.3 is 10.0 Å². The molecule has 2 aromatic rings. The molecule has 1 amide bonds. The van der Waals surface area contributed by atoms with E-state index in [1.807, 2.05) is 19.1 Å². The van der Waals surface area contributed by atoms with Crippen molar-refractivity contribution in [1.29, 1.82) is 0 Å². The summed E-state index contributed by atoms with van der Waals surface area (Å²) < 4.78 is 0.714. The van der Waals surface area contributed by atoms with Gasteiger partial charge in [0, 0.05) is 6.54 Å². The average Bonchev–Trinajstić information content (AvgIpc) is 3.16. The van der Waals surface area contributed by atoms with Crippen molar-refractivity contribution in [3.8, 4) is 9.88 Å². The van der Waals surface area contributed by atoms with Gasteiger partial charge in [-0.15, -0.1) is 22.7 Å². The zero-order valence-corrected chi connectivity index (χ0v) is 13.9. The van der Waals surface area contributed by atoms with Gasteiger partial charge in [0.2, 0.25) is 0 Å². The minimum atomic E-state index is -0.0568. The lowest BCUT2D eigenvalue weighted by Crippen LogP contribution is -2.37. The van der Waals surface area contributed by atoms with E-state index in [9.17, 15) is 9.90 Å². The van der Waals surface area contributed by atoms with Crippen LogP contribution in [0.3, 0.4) is 0 Å². The first kappa shape index (κ1) is 15.0. The molecule has 1 saturated heterocycles. The van der Waals surface area contributed by atoms with Crippen LogP contribution in [0.2, 0.25) is 4.34 Å². The summed E-state index contributed by atoms with van der Waals surface area (Å²) in [6.45, 7) is 2.59. The van der Waals surface area contributed by atoms with Gasteiger partial charge in [-0.25, -0.2) is 4.98 Å². The molecule has 7 heteroatoms. The van der Waals surface area contributed by atoms with E-state index in [1.165, 1.54) is 22.7 Å². The number of halogens is 1. The molecule has 1 atom stereocenters. The number of rotatable bonds is 3. The number of aliphatic hydroxyl groups is 1. The standard InChI is InChI=1S/C14H15ClN2O2S2/c1-8-12(14(19)17-6-2-3-9(17)7-18)21-13(16-8)10-4-5-11(15)20-10/h4-5,9,18H,2-3,6-7H2,1H3/t9-/m1/s1. The Morgan fingerprint density at radius 3 is 3.00 bits per heavy atom. The highest BCUT2D eigenvalue weighted by molar-refractivity contribution is 7.24. The van der Waals surface area contributed by atoms with E-state index in [1.54, 1.807) is 4.90 Å². The van der Waals surface area contributed by atoms with Gasteiger partial charge in [-0.05, 0) is 31.9 Å². The number of aryl methyl sites for hydroxylation is 1. The van der Waals surface area contributed by atoms with Crippen LogP contribution < -0.4 is 0 Å². The van der Waals surface area contributed by atoms with Crippen molar-refractivity contribution in [2.75, 3.05) is 13.2 Å². The normalized spacial score (nSPS) is 18.4. The third kappa shape index (κ3) is 2.85. The summed E-state index contributed by atoms with van der Waals surface area (Å²) in [5, 5.41) is 10.2. The van der Waals surface area contributed by atoms with Crippen molar-refractivity contribution in [3.63, 3.8) is 0 Å². The molecular weight excluding hydrogens is 328 g/mol. The molecule has 0 bridgehead atoms. The Hall–Kier alpha value is -0.950. The second-order valence-electron chi connectivity index (χ2n) is 5.01. The molecule has 0 unspecified atom stereocenters. The number of carbonyl (C=O) groups excluding carboxylic acids is 1. The monoisotopic (exact) mass is 342 g/mol. The van der Waals surface area contributed by atoms with Crippen LogP contribution in [0.15, 0.2) is 12.1 Å². The number of likely N-dealkylation sites (tertiary alicyclic amines) is 1. The number of aliphatic hydroxyl groups excluding tert-OH is 1. The van der Waals surface area contributed by atoms with Gasteiger partial charge in [-0.2, -0.15) is 0 Å². The van der Waals surface area contributed by atoms with Gasteiger partial charge in [0.15, 0.2) is 0 Å². The Labute approximate surface area is 136 Å². The molecule has 0 radical (unpaired) electrons. The molecule has 4 nitrogen and oxygen atoms in total. The van der Waals surface area contributed by atoms with Crippen LogP contribution in [-0.2, 0) is 0 Å². The Balaban J connectivity index is 1.89. The highest BCUT2D eigenvalue weighted by Crippen LogP contribution is 2.35. The van der Waals surface area contributed by atoms with Crippen molar-refractivity contribution in [3.05, 3.63) is 27.0 Å². The summed E-state index contributed by atoms with van der Waals surface area (Å²) in [6, 6.07) is 3.70. The quantitative estimate of drug-likeness (QED) is 0.929. The van der Waals surface area contributed by atoms with Gasteiger partial charge >= 0.3 is 0 Å². The van der Waals surface area contributed by atoms with Crippen molar-refractivity contribution < 1.29 is 9.90 Å². The highest BCUT2D eigenvalue weighted by atomic mass is 35.5. The molecular formula is C14H15ClN2O2S2. The average molecular weight is 343 g/mol. The zero-order chi connectivity index (χ0) is 15.0. The number of thiazole rings is 1. The molecule has 1 aliphatic heterocycles. The molecule has 112 valence electrons. The van der Waals surface area contributed by atoms with E-state index in [0.29, 0.717) is 15.8 Å². The molecule has 0 spiro atoms. The van der Waals surface area contributed by atoms with Gasteiger partial charge in [0.25, 0.3) is 5.91 Å². The molecule has 3 heterocycles. The SMILES string of the molecule is Cc1nc(-c2ccc(Cl)s2)sc1C(=O)N1CCC[C@@H]1CO. The van der Waals surface area contributed by atoms with Crippen LogP contribution in [-0.4, -0.2) is 40.1 Å². The number of carbonyl (C=O) groups is 1. The first-order valence-corrected chi connectivity index (χ1v) is 8.76. The van der Waals surface area contributed by atoms with E-state index in [4.69, 9.17) is 11.6 Å². The number of hydrogen-bond donors (Lipinski definition) is 1. The summed E-state index contributed by atoms with van der Waals surface area (Å²) >= 11 is 8.81. The van der Waals surface area contributed by atoms with E-state index in [2.05, 4.69) is 4.98 Å². The number of nitrogens with zero attached hydrogens (tertiary/aromatic N) is 2. The molecule has 1 aliphatic rings. The fourth-order valence-corrected chi connectivity index (χ4v) is 4.67. The maximum Gasteiger partial charge on any atom is 0.266 e. The van der Waals surface area contributed by atoms with Crippen LogP contribution in [0, 0.1) is 6.92 Å². The lowest BCUT2D eigenvalue weighted by atomic mass is 10.2. The van der Waals surface area contributed by atoms with E-state index in [-0.39, 0.29) is 18.6 Å². The van der Waals surface area contributed by atoms with Crippen LogP contribution in [0.25, 0.3) is 9.88 Å². The second-order valence-corrected chi connectivity index (χ2v) is 7.73. The van der Waals surface area contributed by atoms with Crippen LogP contribution in [0.1, 0.15) is 28.2 Å². The number of aromatic nitrogens is 1. The third-order valence-corrected chi connectivity index (χ3v) is 6.17. The van der Waals surface area contributed by atoms with Crippen molar-refractivity contribution in [2.24, 2.45) is 0 Å². The van der Waals surface area contributed by atoms with Crippen molar-refractivity contribution in [2.45, 2.75) is 25.8 Å². The van der Waals surface area contributed by atoms with Gasteiger partial charge in [0.1, 0.15) is 9.88 Å². The van der Waals surface area contributed by atoms with Crippen molar-refractivity contribution >= 4 is 40.2 Å². The molecule has 0 aromatic carbocycles. The van der Waals surface area contributed by atoms with Gasteiger partial charge in [-0.3, -0.25) is 4.79 Å². The fraction of sp³-hybridized carbons (Fsp3) is 0.429. The summed E-state index contributed by atoms with van der Waals surface area (Å²) in [4.78, 5) is 20.6. The van der Waals surface area contributed by atoms with E-state index in [0.717, 1.165) is 28.4 Å². The maximum absolute atomic E-state index is 12.6. The Morgan fingerprint density at radius 2 is 2.33 bits per heavy atom. The molecule has 0 saturated carbocycles. The molecule has 3 rings (SSSR count). The minimum absolute atomic E-state index is 0.0181. The fourth-order valence-electron chi connectivity index (χ4n) is 2.55. The lowest BCUT2D eigenvalue weighted by Gasteiger charge is -2.22. The predicted octanol–water partition coefficient (Wildman–Crippen LogP) is 3.43. The van der Waals surface area contributed by atoms with E-state index >= 15 is 0 Å². The molecule has 0 aliphatic carbocycles. The maximum atomic E-state index is 12.6. The largest absolute Gasteiger partial charge is 0.394 e. The van der Waals surface area contributed by atoms with Crippen molar-refractivity contribution in [1.82, 2.24) is 9.88 Å². The van der Waals surface area contributed by atoms with Crippen LogP contribution in [0.4, 0.5) is 0 Å². The molecule has 2 aromatic heterocycles. The Morgan fingerprint density at radius 1 is 1.52 bits per heavy atom. The molecule has 1 fully saturated rings. The zero-order valence-electron chi connectivity index (χ0n) is 11.5. The predicted molar refractivity (Wildman–Crippen MR) is 86.3 cm³/mol. The van der Waals surface area contributed by atoms with Crippen LogP contribution >= 0.6 is 34.3 Å². The lowest BCUT2D eigenvalue weighted by molar-refractivity contribution is 0.0681. The minimum Gasteiger partial charge on any atom is -0.394 e. The van der Waals surface area contributed by atoms with Gasteiger partial charge in [0.05, 0.1) is 27.6 Å². The number of thiophene rings is 1. The number of amides is 1. The Bertz CT molecular complexity index is 668. The van der Waals surface area contributed by atoms with E-state index < -0.39 is 0 Å². The second kappa shape index (κ2) is 6.04. The molecule has 21 heavy (non-hydrogen) atoms. The summed E-state index contributed by atoms with van der Waals surface area (Å²) in [5.41, 5.74) is 0.744. The summed E-state index contributed by atoms with van der Waals surface area (Å²) in [7, 11) is 0. The van der Waals surface area contributed by atoms with Crippen LogP contribution in [0.5, 0.6) is 0 Å². The smallest absolute Gasteiger partial charge is 0.266 e. The summed E-state index contributed by atoms with van der Waals surface area (Å²) in [5.74, 6) is -0.0181.